The fourth-order valence-corrected chi connectivity index (χ4v) is 2.82. The van der Waals surface area contributed by atoms with Crippen molar-refractivity contribution in [1.29, 1.82) is 0 Å². The Morgan fingerprint density at radius 3 is 2.52 bits per heavy atom. The number of aromatic amines is 1. The molecule has 0 aliphatic rings. The van der Waals surface area contributed by atoms with Crippen molar-refractivity contribution in [1.82, 2.24) is 4.98 Å². The normalized spacial score (nSPS) is 11.2. The van der Waals surface area contributed by atoms with Crippen LogP contribution in [-0.4, -0.2) is 15.7 Å². The average Bonchev–Trinajstić information content (AvgIpc) is 2.89. The van der Waals surface area contributed by atoms with E-state index in [0.717, 1.165) is 25.7 Å². The Bertz CT molecular complexity index is 655. The van der Waals surface area contributed by atoms with E-state index >= 15 is 0 Å². The van der Waals surface area contributed by atoms with Gasteiger partial charge in [0.05, 0.1) is 4.92 Å². The van der Waals surface area contributed by atoms with Gasteiger partial charge in [-0.25, -0.2) is 0 Å². The van der Waals surface area contributed by atoms with E-state index < -0.39 is 4.92 Å². The molecular formula is C16H20N2O3. The molecule has 5 nitrogen and oxygen atoms in total. The molecule has 0 aliphatic carbocycles. The van der Waals surface area contributed by atoms with Gasteiger partial charge >= 0.3 is 0 Å². The second-order valence-electron chi connectivity index (χ2n) is 5.30. The highest BCUT2D eigenvalue weighted by Gasteiger charge is 2.23. The van der Waals surface area contributed by atoms with Gasteiger partial charge in [-0.05, 0) is 12.8 Å². The van der Waals surface area contributed by atoms with E-state index in [1.807, 2.05) is 0 Å². The summed E-state index contributed by atoms with van der Waals surface area (Å²) in [5, 5.41) is 11.7. The van der Waals surface area contributed by atoms with Gasteiger partial charge in [0.2, 0.25) is 0 Å². The van der Waals surface area contributed by atoms with Gasteiger partial charge in [0, 0.05) is 29.1 Å². The van der Waals surface area contributed by atoms with Crippen LogP contribution >= 0.6 is 0 Å². The van der Waals surface area contributed by atoms with Gasteiger partial charge in [0.25, 0.3) is 5.69 Å². The van der Waals surface area contributed by atoms with Gasteiger partial charge in [-0.1, -0.05) is 38.8 Å². The SMILES string of the molecule is CCCC(CCC)C(=O)c1c[nH]c2c([N+](=O)[O-])cccc12. The Morgan fingerprint density at radius 2 is 1.95 bits per heavy atom. The molecule has 0 saturated heterocycles. The Morgan fingerprint density at radius 1 is 1.29 bits per heavy atom. The fourth-order valence-electron chi connectivity index (χ4n) is 2.82. The Labute approximate surface area is 123 Å². The van der Waals surface area contributed by atoms with Crippen LogP contribution in [0.1, 0.15) is 49.9 Å². The van der Waals surface area contributed by atoms with E-state index in [2.05, 4.69) is 18.8 Å². The number of ketones is 1. The van der Waals surface area contributed by atoms with Crippen LogP contribution in [0.4, 0.5) is 5.69 Å². The molecule has 0 bridgehead atoms. The predicted octanol–water partition coefficient (Wildman–Crippen LogP) is 4.48. The number of nitrogens with one attached hydrogen (secondary N) is 1. The number of aromatic nitrogens is 1. The maximum Gasteiger partial charge on any atom is 0.293 e. The molecule has 0 saturated carbocycles. The summed E-state index contributed by atoms with van der Waals surface area (Å²) in [6.07, 6.45) is 5.23. The highest BCUT2D eigenvalue weighted by Crippen LogP contribution is 2.30. The Kier molecular flexibility index (Phi) is 4.73. The van der Waals surface area contributed by atoms with Crippen molar-refractivity contribution >= 4 is 22.4 Å². The van der Waals surface area contributed by atoms with E-state index in [4.69, 9.17) is 0 Å². The first kappa shape index (κ1) is 15.2. The van der Waals surface area contributed by atoms with Crippen LogP contribution in [0.2, 0.25) is 0 Å². The number of carbonyl (C=O) groups excluding carboxylic acids is 1. The highest BCUT2D eigenvalue weighted by atomic mass is 16.6. The van der Waals surface area contributed by atoms with E-state index in [9.17, 15) is 14.9 Å². The molecule has 1 N–H and O–H groups in total. The molecule has 0 spiro atoms. The maximum atomic E-state index is 12.7. The molecule has 1 aromatic carbocycles. The number of Topliss-reactive ketones (excluding diaryl/α,β-unsaturated/α-hetero) is 1. The topological polar surface area (TPSA) is 76.0 Å². The Hall–Kier alpha value is -2.17. The molecule has 0 radical (unpaired) electrons. The summed E-state index contributed by atoms with van der Waals surface area (Å²) in [4.78, 5) is 26.2. The predicted molar refractivity (Wildman–Crippen MR) is 82.6 cm³/mol. The number of rotatable bonds is 7. The monoisotopic (exact) mass is 288 g/mol. The second-order valence-corrected chi connectivity index (χ2v) is 5.30. The summed E-state index contributed by atoms with van der Waals surface area (Å²) < 4.78 is 0. The smallest absolute Gasteiger partial charge is 0.293 e. The number of fused-ring (bicyclic) bond motifs is 1. The van der Waals surface area contributed by atoms with Crippen LogP contribution in [-0.2, 0) is 0 Å². The minimum atomic E-state index is -0.428. The molecular weight excluding hydrogens is 268 g/mol. The third kappa shape index (κ3) is 2.96. The van der Waals surface area contributed by atoms with E-state index in [1.165, 1.54) is 6.07 Å². The van der Waals surface area contributed by atoms with Gasteiger partial charge in [0.1, 0.15) is 5.52 Å². The lowest BCUT2D eigenvalue weighted by Crippen LogP contribution is -2.14. The quantitative estimate of drug-likeness (QED) is 0.463. The minimum absolute atomic E-state index is 0.00161. The molecule has 1 aromatic heterocycles. The minimum Gasteiger partial charge on any atom is -0.355 e. The first-order valence-electron chi connectivity index (χ1n) is 7.38. The highest BCUT2D eigenvalue weighted by molar-refractivity contribution is 6.10. The number of non-ortho nitro benzene ring substituents is 1. The molecule has 21 heavy (non-hydrogen) atoms. The number of benzene rings is 1. The first-order chi connectivity index (χ1) is 10.1. The molecule has 0 aliphatic heterocycles. The standard InChI is InChI=1S/C16H20N2O3/c1-3-6-11(7-4-2)16(19)13-10-17-15-12(13)8-5-9-14(15)18(20)21/h5,8-11,17H,3-4,6-7H2,1-2H3. The molecule has 112 valence electrons. The number of hydrogen-bond acceptors (Lipinski definition) is 3. The van der Waals surface area contributed by atoms with Gasteiger partial charge in [0.15, 0.2) is 5.78 Å². The van der Waals surface area contributed by atoms with Gasteiger partial charge in [-0.3, -0.25) is 14.9 Å². The largest absolute Gasteiger partial charge is 0.355 e. The van der Waals surface area contributed by atoms with E-state index in [0.29, 0.717) is 16.5 Å². The number of carbonyl (C=O) groups is 1. The third-order valence-corrected chi connectivity index (χ3v) is 3.80. The molecule has 0 amide bonds. The van der Waals surface area contributed by atoms with Gasteiger partial charge < -0.3 is 4.98 Å². The molecule has 1 heterocycles. The zero-order valence-electron chi connectivity index (χ0n) is 12.4. The van der Waals surface area contributed by atoms with Gasteiger partial charge in [-0.2, -0.15) is 0 Å². The molecule has 0 unspecified atom stereocenters. The van der Waals surface area contributed by atoms with Crippen LogP contribution in [0.3, 0.4) is 0 Å². The summed E-state index contributed by atoms with van der Waals surface area (Å²) in [6.45, 7) is 4.13. The van der Waals surface area contributed by atoms with Crippen molar-refractivity contribution in [2.45, 2.75) is 39.5 Å². The van der Waals surface area contributed by atoms with Crippen molar-refractivity contribution in [3.05, 3.63) is 40.1 Å². The van der Waals surface area contributed by atoms with E-state index in [-0.39, 0.29) is 17.4 Å². The second kappa shape index (κ2) is 6.52. The fraction of sp³-hybridized carbons (Fsp3) is 0.438. The lowest BCUT2D eigenvalue weighted by atomic mass is 9.89. The zero-order chi connectivity index (χ0) is 15.4. The van der Waals surface area contributed by atoms with Crippen molar-refractivity contribution in [3.8, 4) is 0 Å². The Balaban J connectivity index is 2.44. The number of hydrogen-bond donors (Lipinski definition) is 1. The molecule has 0 fully saturated rings. The van der Waals surface area contributed by atoms with Crippen LogP contribution in [0.15, 0.2) is 24.4 Å². The maximum absolute atomic E-state index is 12.7. The summed E-state index contributed by atoms with van der Waals surface area (Å²) in [7, 11) is 0. The summed E-state index contributed by atoms with van der Waals surface area (Å²) >= 11 is 0. The lowest BCUT2D eigenvalue weighted by molar-refractivity contribution is -0.383. The zero-order valence-corrected chi connectivity index (χ0v) is 12.4. The summed E-state index contributed by atoms with van der Waals surface area (Å²) in [6, 6.07) is 4.84. The van der Waals surface area contributed by atoms with Crippen LogP contribution < -0.4 is 0 Å². The molecule has 2 rings (SSSR count). The number of H-pyrrole nitrogens is 1. The number of nitro groups is 1. The molecule has 5 heteroatoms. The van der Waals surface area contributed by atoms with Crippen LogP contribution in [0.25, 0.3) is 10.9 Å². The average molecular weight is 288 g/mol. The number of nitrogens with zero attached hydrogens (tertiary/aromatic N) is 1. The lowest BCUT2D eigenvalue weighted by Gasteiger charge is -2.13. The number of para-hydroxylation sites is 1. The summed E-state index contributed by atoms with van der Waals surface area (Å²) in [5.74, 6) is 0.0868. The summed E-state index contributed by atoms with van der Waals surface area (Å²) in [5.41, 5.74) is 1.01. The van der Waals surface area contributed by atoms with Crippen molar-refractivity contribution < 1.29 is 9.72 Å². The van der Waals surface area contributed by atoms with Crippen molar-refractivity contribution in [2.24, 2.45) is 5.92 Å². The van der Waals surface area contributed by atoms with Crippen molar-refractivity contribution in [2.75, 3.05) is 0 Å². The molecule has 0 atom stereocenters. The van der Waals surface area contributed by atoms with Crippen molar-refractivity contribution in [3.63, 3.8) is 0 Å². The van der Waals surface area contributed by atoms with Gasteiger partial charge in [-0.15, -0.1) is 0 Å². The van der Waals surface area contributed by atoms with E-state index in [1.54, 1.807) is 18.3 Å². The van der Waals surface area contributed by atoms with Crippen LogP contribution in [0, 0.1) is 16.0 Å². The third-order valence-electron chi connectivity index (χ3n) is 3.80. The first-order valence-corrected chi connectivity index (χ1v) is 7.38. The number of nitro benzene ring substituents is 1. The van der Waals surface area contributed by atoms with Crippen LogP contribution in [0.5, 0.6) is 0 Å². The molecule has 2 aromatic rings.